The van der Waals surface area contributed by atoms with Gasteiger partial charge in [-0.05, 0) is 50.5 Å². The average molecular weight is 292 g/mol. The fraction of sp³-hybridized carbons (Fsp3) is 0.562. The predicted octanol–water partition coefficient (Wildman–Crippen LogP) is 3.04. The molecule has 1 aliphatic heterocycles. The molecule has 0 aromatic heterocycles. The number of hydrogen-bond donors (Lipinski definition) is 1. The van der Waals surface area contributed by atoms with Crippen LogP contribution in [0.25, 0.3) is 0 Å². The molecular weight excluding hydrogens is 268 g/mol. The number of aryl methyl sites for hydroxylation is 1. The van der Waals surface area contributed by atoms with Crippen molar-refractivity contribution in [1.29, 1.82) is 0 Å². The molecule has 0 bridgehead atoms. The van der Waals surface area contributed by atoms with E-state index in [0.717, 1.165) is 36.4 Å². The summed E-state index contributed by atoms with van der Waals surface area (Å²) >= 11 is 0. The number of carbonyl (C=O) groups excluding carboxylic acids is 1. The van der Waals surface area contributed by atoms with Gasteiger partial charge < -0.3 is 19.7 Å². The van der Waals surface area contributed by atoms with E-state index in [2.05, 4.69) is 5.32 Å². The largest absolute Gasteiger partial charge is 0.496 e. The van der Waals surface area contributed by atoms with Crippen molar-refractivity contribution in [1.82, 2.24) is 4.90 Å². The number of methoxy groups -OCH3 is 1. The van der Waals surface area contributed by atoms with Crippen molar-refractivity contribution in [3.05, 3.63) is 23.8 Å². The van der Waals surface area contributed by atoms with Gasteiger partial charge in [0.05, 0.1) is 13.2 Å². The number of urea groups is 1. The van der Waals surface area contributed by atoms with E-state index in [0.29, 0.717) is 13.1 Å². The summed E-state index contributed by atoms with van der Waals surface area (Å²) in [5, 5.41) is 2.93. The maximum atomic E-state index is 12.3. The monoisotopic (exact) mass is 292 g/mol. The first-order valence-corrected chi connectivity index (χ1v) is 7.46. The number of nitrogens with zero attached hydrogens (tertiary/aromatic N) is 1. The Bertz CT molecular complexity index is 484. The molecule has 1 N–H and O–H groups in total. The van der Waals surface area contributed by atoms with Crippen molar-refractivity contribution in [2.75, 3.05) is 32.1 Å². The second-order valence-corrected chi connectivity index (χ2v) is 5.29. The number of likely N-dealkylation sites (N-methyl/N-ethyl adjacent to an activating group) is 1. The molecular formula is C16H24N2O3. The summed E-state index contributed by atoms with van der Waals surface area (Å²) in [5.74, 6) is 0.819. The van der Waals surface area contributed by atoms with Crippen molar-refractivity contribution in [3.63, 3.8) is 0 Å². The third-order valence-corrected chi connectivity index (χ3v) is 3.76. The molecule has 1 unspecified atom stereocenters. The third-order valence-electron chi connectivity index (χ3n) is 3.76. The Morgan fingerprint density at radius 1 is 1.52 bits per heavy atom. The van der Waals surface area contributed by atoms with Crippen LogP contribution in [0.4, 0.5) is 10.5 Å². The van der Waals surface area contributed by atoms with Gasteiger partial charge in [-0.2, -0.15) is 0 Å². The number of amides is 2. The quantitative estimate of drug-likeness (QED) is 0.907. The molecule has 1 aromatic rings. The molecule has 1 aromatic carbocycles. The van der Waals surface area contributed by atoms with E-state index in [9.17, 15) is 4.79 Å². The first kappa shape index (κ1) is 15.6. The van der Waals surface area contributed by atoms with Crippen molar-refractivity contribution >= 4 is 11.7 Å². The lowest BCUT2D eigenvalue weighted by Gasteiger charge is -2.24. The van der Waals surface area contributed by atoms with Crippen molar-refractivity contribution in [2.45, 2.75) is 32.8 Å². The highest BCUT2D eigenvalue weighted by Crippen LogP contribution is 2.22. The molecule has 1 heterocycles. The summed E-state index contributed by atoms with van der Waals surface area (Å²) < 4.78 is 10.8. The van der Waals surface area contributed by atoms with Gasteiger partial charge in [-0.15, -0.1) is 0 Å². The Morgan fingerprint density at radius 2 is 2.33 bits per heavy atom. The van der Waals surface area contributed by atoms with E-state index in [1.165, 1.54) is 0 Å². The number of anilines is 1. The highest BCUT2D eigenvalue weighted by atomic mass is 16.5. The van der Waals surface area contributed by atoms with E-state index in [1.54, 1.807) is 12.0 Å². The van der Waals surface area contributed by atoms with Crippen LogP contribution in [-0.2, 0) is 4.74 Å². The maximum absolute atomic E-state index is 12.3. The molecule has 0 saturated carbocycles. The van der Waals surface area contributed by atoms with E-state index in [-0.39, 0.29) is 12.1 Å². The highest BCUT2D eigenvalue weighted by molar-refractivity contribution is 5.89. The minimum atomic E-state index is -0.0856. The van der Waals surface area contributed by atoms with Crippen molar-refractivity contribution in [3.8, 4) is 5.75 Å². The number of nitrogens with one attached hydrogen (secondary N) is 1. The van der Waals surface area contributed by atoms with Crippen LogP contribution >= 0.6 is 0 Å². The number of ether oxygens (including phenoxy) is 2. The summed E-state index contributed by atoms with van der Waals surface area (Å²) in [4.78, 5) is 14.1. The number of benzene rings is 1. The van der Waals surface area contributed by atoms with Crippen LogP contribution in [0.2, 0.25) is 0 Å². The normalized spacial score (nSPS) is 17.6. The molecule has 2 amide bonds. The first-order valence-electron chi connectivity index (χ1n) is 7.46. The molecule has 1 aliphatic rings. The molecule has 1 fully saturated rings. The molecule has 0 spiro atoms. The smallest absolute Gasteiger partial charge is 0.321 e. The van der Waals surface area contributed by atoms with E-state index in [1.807, 2.05) is 32.0 Å². The summed E-state index contributed by atoms with van der Waals surface area (Å²) in [5.41, 5.74) is 1.78. The summed E-state index contributed by atoms with van der Waals surface area (Å²) in [6.07, 6.45) is 2.29. The van der Waals surface area contributed by atoms with Crippen LogP contribution in [0.5, 0.6) is 5.75 Å². The Hall–Kier alpha value is -1.75. The van der Waals surface area contributed by atoms with Gasteiger partial charge in [-0.3, -0.25) is 0 Å². The molecule has 1 atom stereocenters. The number of hydrogen-bond acceptors (Lipinski definition) is 3. The number of carbonyl (C=O) groups is 1. The second-order valence-electron chi connectivity index (χ2n) is 5.29. The second kappa shape index (κ2) is 7.31. The Morgan fingerprint density at radius 3 is 2.90 bits per heavy atom. The fourth-order valence-corrected chi connectivity index (χ4v) is 2.55. The minimum Gasteiger partial charge on any atom is -0.496 e. The lowest BCUT2D eigenvalue weighted by molar-refractivity contribution is 0.0849. The molecule has 5 heteroatoms. The van der Waals surface area contributed by atoms with E-state index < -0.39 is 0 Å². The zero-order valence-electron chi connectivity index (χ0n) is 13.0. The molecule has 116 valence electrons. The summed E-state index contributed by atoms with van der Waals surface area (Å²) in [6, 6.07) is 5.54. The fourth-order valence-electron chi connectivity index (χ4n) is 2.55. The van der Waals surface area contributed by atoms with Gasteiger partial charge in [-0.1, -0.05) is 0 Å². The lowest BCUT2D eigenvalue weighted by atomic mass is 10.2. The van der Waals surface area contributed by atoms with Gasteiger partial charge in [0.2, 0.25) is 0 Å². The van der Waals surface area contributed by atoms with Gasteiger partial charge in [0.1, 0.15) is 5.75 Å². The van der Waals surface area contributed by atoms with Gasteiger partial charge in [0, 0.05) is 25.4 Å². The molecule has 0 aliphatic carbocycles. The van der Waals surface area contributed by atoms with Crippen LogP contribution in [0, 0.1) is 6.92 Å². The van der Waals surface area contributed by atoms with Crippen LogP contribution in [0.3, 0.4) is 0 Å². The zero-order valence-corrected chi connectivity index (χ0v) is 13.0. The summed E-state index contributed by atoms with van der Waals surface area (Å²) in [6.45, 7) is 6.06. The maximum Gasteiger partial charge on any atom is 0.321 e. The molecule has 1 saturated heterocycles. The highest BCUT2D eigenvalue weighted by Gasteiger charge is 2.21. The SMILES string of the molecule is CCN(CC1CCCO1)C(=O)Nc1ccc(OC)c(C)c1. The Kier molecular flexibility index (Phi) is 5.44. The zero-order chi connectivity index (χ0) is 15.2. The van der Waals surface area contributed by atoms with E-state index >= 15 is 0 Å². The third kappa shape index (κ3) is 4.11. The van der Waals surface area contributed by atoms with Gasteiger partial charge in [0.15, 0.2) is 0 Å². The molecule has 5 nitrogen and oxygen atoms in total. The standard InChI is InChI=1S/C16H24N2O3/c1-4-18(11-14-6-5-9-21-14)16(19)17-13-7-8-15(20-3)12(2)10-13/h7-8,10,14H,4-6,9,11H2,1-3H3,(H,17,19). The van der Waals surface area contributed by atoms with Crippen molar-refractivity contribution < 1.29 is 14.3 Å². The van der Waals surface area contributed by atoms with Gasteiger partial charge >= 0.3 is 6.03 Å². The van der Waals surface area contributed by atoms with Crippen molar-refractivity contribution in [2.24, 2.45) is 0 Å². The van der Waals surface area contributed by atoms with Gasteiger partial charge in [-0.25, -0.2) is 4.79 Å². The van der Waals surface area contributed by atoms with Crippen LogP contribution < -0.4 is 10.1 Å². The van der Waals surface area contributed by atoms with Crippen LogP contribution in [0.1, 0.15) is 25.3 Å². The minimum absolute atomic E-state index is 0.0856. The lowest BCUT2D eigenvalue weighted by Crippen LogP contribution is -2.39. The van der Waals surface area contributed by atoms with E-state index in [4.69, 9.17) is 9.47 Å². The Balaban J connectivity index is 1.96. The topological polar surface area (TPSA) is 50.8 Å². The summed E-state index contributed by atoms with van der Waals surface area (Å²) in [7, 11) is 1.64. The molecule has 0 radical (unpaired) electrons. The van der Waals surface area contributed by atoms with Crippen LogP contribution in [0.15, 0.2) is 18.2 Å². The first-order chi connectivity index (χ1) is 10.1. The molecule has 2 rings (SSSR count). The molecule has 21 heavy (non-hydrogen) atoms. The Labute approximate surface area is 126 Å². The van der Waals surface area contributed by atoms with Crippen LogP contribution in [-0.4, -0.2) is 43.8 Å². The average Bonchev–Trinajstić information content (AvgIpc) is 2.98. The predicted molar refractivity (Wildman–Crippen MR) is 83.0 cm³/mol. The number of rotatable bonds is 5. The van der Waals surface area contributed by atoms with Gasteiger partial charge in [0.25, 0.3) is 0 Å².